The zero-order chi connectivity index (χ0) is 15.8. The van der Waals surface area contributed by atoms with Crippen molar-refractivity contribution in [3.05, 3.63) is 53.3 Å². The number of carboxylic acid groups (broad SMARTS) is 1. The topological polar surface area (TPSA) is 58.4 Å². The van der Waals surface area contributed by atoms with Crippen molar-refractivity contribution in [1.29, 1.82) is 0 Å². The van der Waals surface area contributed by atoms with E-state index >= 15 is 0 Å². The molecule has 0 saturated heterocycles. The van der Waals surface area contributed by atoms with Crippen LogP contribution < -0.4 is 0 Å². The lowest BCUT2D eigenvalue weighted by atomic mass is 9.90. The number of benzene rings is 1. The molecule has 1 fully saturated rings. The molecule has 2 heterocycles. The van der Waals surface area contributed by atoms with Gasteiger partial charge in [-0.15, -0.1) is 0 Å². The minimum absolute atomic E-state index is 0.450. The SMILES string of the molecule is O=C(O)C1CN(Cc2ccn(C3CCC3)n2)Cc2ccccc21. The molecule has 0 bridgehead atoms. The number of hydrogen-bond donors (Lipinski definition) is 1. The van der Waals surface area contributed by atoms with Crippen LogP contribution in [0, 0.1) is 0 Å². The largest absolute Gasteiger partial charge is 0.481 e. The van der Waals surface area contributed by atoms with Crippen molar-refractivity contribution >= 4 is 5.97 Å². The number of carbonyl (C=O) groups is 1. The van der Waals surface area contributed by atoms with Crippen LogP contribution in [0.1, 0.15) is 48.0 Å². The molecule has 5 nitrogen and oxygen atoms in total. The van der Waals surface area contributed by atoms with Crippen LogP contribution in [0.2, 0.25) is 0 Å². The van der Waals surface area contributed by atoms with Gasteiger partial charge in [-0.1, -0.05) is 24.3 Å². The van der Waals surface area contributed by atoms with E-state index in [9.17, 15) is 9.90 Å². The molecule has 0 radical (unpaired) electrons. The molecular weight excluding hydrogens is 290 g/mol. The molecule has 23 heavy (non-hydrogen) atoms. The average Bonchev–Trinajstić information content (AvgIpc) is 2.92. The summed E-state index contributed by atoms with van der Waals surface area (Å²) in [6.45, 7) is 2.04. The first-order chi connectivity index (χ1) is 11.2. The Morgan fingerprint density at radius 3 is 2.83 bits per heavy atom. The van der Waals surface area contributed by atoms with Crippen LogP contribution in [0.25, 0.3) is 0 Å². The molecule has 1 aromatic heterocycles. The fourth-order valence-electron chi connectivity index (χ4n) is 3.56. The van der Waals surface area contributed by atoms with E-state index in [-0.39, 0.29) is 0 Å². The first-order valence-corrected chi connectivity index (χ1v) is 8.27. The van der Waals surface area contributed by atoms with Crippen molar-refractivity contribution in [2.75, 3.05) is 6.54 Å². The molecule has 1 aliphatic carbocycles. The summed E-state index contributed by atoms with van der Waals surface area (Å²) < 4.78 is 2.07. The summed E-state index contributed by atoms with van der Waals surface area (Å²) in [7, 11) is 0. The van der Waals surface area contributed by atoms with Crippen molar-refractivity contribution in [3.8, 4) is 0 Å². The average molecular weight is 311 g/mol. The fraction of sp³-hybridized carbons (Fsp3) is 0.444. The molecule has 1 N–H and O–H groups in total. The van der Waals surface area contributed by atoms with Gasteiger partial charge in [-0.3, -0.25) is 14.4 Å². The lowest BCUT2D eigenvalue weighted by Crippen LogP contribution is -2.36. The van der Waals surface area contributed by atoms with Crippen molar-refractivity contribution in [2.45, 2.75) is 44.3 Å². The minimum atomic E-state index is -0.748. The summed E-state index contributed by atoms with van der Waals surface area (Å²) >= 11 is 0. The molecular formula is C18H21N3O2. The maximum absolute atomic E-state index is 11.6. The van der Waals surface area contributed by atoms with Gasteiger partial charge in [-0.25, -0.2) is 0 Å². The summed E-state index contributed by atoms with van der Waals surface area (Å²) in [5.74, 6) is -1.20. The number of nitrogens with zero attached hydrogens (tertiary/aromatic N) is 3. The van der Waals surface area contributed by atoms with Crippen LogP contribution in [0.5, 0.6) is 0 Å². The zero-order valence-corrected chi connectivity index (χ0v) is 13.1. The Labute approximate surface area is 135 Å². The van der Waals surface area contributed by atoms with E-state index in [1.807, 2.05) is 24.3 Å². The van der Waals surface area contributed by atoms with E-state index in [4.69, 9.17) is 0 Å². The van der Waals surface area contributed by atoms with Crippen molar-refractivity contribution in [2.24, 2.45) is 0 Å². The number of rotatable bonds is 4. The Morgan fingerprint density at radius 2 is 2.09 bits per heavy atom. The third-order valence-electron chi connectivity index (χ3n) is 5.06. The van der Waals surface area contributed by atoms with Crippen LogP contribution in [-0.2, 0) is 17.9 Å². The molecule has 0 spiro atoms. The molecule has 2 aliphatic rings. The van der Waals surface area contributed by atoms with Gasteiger partial charge in [0.1, 0.15) is 0 Å². The molecule has 1 aliphatic heterocycles. The van der Waals surface area contributed by atoms with Crippen LogP contribution in [0.3, 0.4) is 0 Å². The Bertz CT molecular complexity index is 721. The van der Waals surface area contributed by atoms with Gasteiger partial charge >= 0.3 is 5.97 Å². The highest BCUT2D eigenvalue weighted by atomic mass is 16.4. The molecule has 120 valence electrons. The second-order valence-electron chi connectivity index (χ2n) is 6.63. The number of fused-ring (bicyclic) bond motifs is 1. The van der Waals surface area contributed by atoms with Gasteiger partial charge in [0.25, 0.3) is 0 Å². The van der Waals surface area contributed by atoms with E-state index in [1.54, 1.807) is 0 Å². The highest BCUT2D eigenvalue weighted by Gasteiger charge is 2.30. The smallest absolute Gasteiger partial charge is 0.312 e. The van der Waals surface area contributed by atoms with Gasteiger partial charge in [0, 0.05) is 25.8 Å². The number of carboxylic acids is 1. The van der Waals surface area contributed by atoms with E-state index in [1.165, 1.54) is 19.3 Å². The van der Waals surface area contributed by atoms with E-state index in [2.05, 4.69) is 26.9 Å². The van der Waals surface area contributed by atoms with E-state index in [0.717, 1.165) is 23.4 Å². The predicted octanol–water partition coefficient (Wildman–Crippen LogP) is 2.79. The highest BCUT2D eigenvalue weighted by Crippen LogP contribution is 2.32. The van der Waals surface area contributed by atoms with Crippen LogP contribution in [0.4, 0.5) is 0 Å². The van der Waals surface area contributed by atoms with Gasteiger partial charge < -0.3 is 5.11 Å². The van der Waals surface area contributed by atoms with Gasteiger partial charge in [-0.05, 0) is 36.5 Å². The molecule has 0 amide bonds. The number of aliphatic carboxylic acids is 1. The molecule has 5 heteroatoms. The standard InChI is InChI=1S/C18H21N3O2/c22-18(23)17-12-20(10-13-4-1-2-7-16(13)17)11-14-8-9-21(19-14)15-5-3-6-15/h1-2,4,7-9,15,17H,3,5-6,10-12H2,(H,22,23). The van der Waals surface area contributed by atoms with E-state index < -0.39 is 11.9 Å². The van der Waals surface area contributed by atoms with Crippen molar-refractivity contribution in [3.63, 3.8) is 0 Å². The second-order valence-corrected chi connectivity index (χ2v) is 6.63. The molecule has 2 aromatic rings. The number of hydrogen-bond acceptors (Lipinski definition) is 3. The third-order valence-corrected chi connectivity index (χ3v) is 5.06. The van der Waals surface area contributed by atoms with Crippen LogP contribution >= 0.6 is 0 Å². The molecule has 4 rings (SSSR count). The predicted molar refractivity (Wildman–Crippen MR) is 86.0 cm³/mol. The zero-order valence-electron chi connectivity index (χ0n) is 13.1. The Balaban J connectivity index is 1.51. The number of aromatic nitrogens is 2. The molecule has 1 unspecified atom stereocenters. The van der Waals surface area contributed by atoms with Gasteiger partial charge in [0.05, 0.1) is 17.7 Å². The van der Waals surface area contributed by atoms with Gasteiger partial charge in [0.15, 0.2) is 0 Å². The first kappa shape index (κ1) is 14.5. The van der Waals surface area contributed by atoms with E-state index in [0.29, 0.717) is 19.1 Å². The maximum Gasteiger partial charge on any atom is 0.312 e. The van der Waals surface area contributed by atoms with Gasteiger partial charge in [-0.2, -0.15) is 5.10 Å². The molecule has 1 saturated carbocycles. The second kappa shape index (κ2) is 5.81. The maximum atomic E-state index is 11.6. The third kappa shape index (κ3) is 2.77. The monoisotopic (exact) mass is 311 g/mol. The highest BCUT2D eigenvalue weighted by molar-refractivity contribution is 5.77. The Kier molecular flexibility index (Phi) is 3.65. The Morgan fingerprint density at radius 1 is 1.26 bits per heavy atom. The first-order valence-electron chi connectivity index (χ1n) is 8.27. The summed E-state index contributed by atoms with van der Waals surface area (Å²) in [5.41, 5.74) is 3.10. The lowest BCUT2D eigenvalue weighted by molar-refractivity contribution is -0.139. The minimum Gasteiger partial charge on any atom is -0.481 e. The van der Waals surface area contributed by atoms with Crippen LogP contribution in [0.15, 0.2) is 36.5 Å². The van der Waals surface area contributed by atoms with Gasteiger partial charge in [0.2, 0.25) is 0 Å². The molecule has 1 atom stereocenters. The summed E-state index contributed by atoms with van der Waals surface area (Å²) in [6.07, 6.45) is 5.80. The summed E-state index contributed by atoms with van der Waals surface area (Å²) in [4.78, 5) is 13.8. The molecule has 1 aromatic carbocycles. The van der Waals surface area contributed by atoms with Crippen molar-refractivity contribution < 1.29 is 9.90 Å². The summed E-state index contributed by atoms with van der Waals surface area (Å²) in [6, 6.07) is 10.5. The normalized spacial score (nSPS) is 21.7. The summed E-state index contributed by atoms with van der Waals surface area (Å²) in [5, 5.41) is 14.2. The Hall–Kier alpha value is -2.14. The van der Waals surface area contributed by atoms with Crippen molar-refractivity contribution in [1.82, 2.24) is 14.7 Å². The quantitative estimate of drug-likeness (QED) is 0.943. The fourth-order valence-corrected chi connectivity index (χ4v) is 3.56. The van der Waals surface area contributed by atoms with Crippen LogP contribution in [-0.4, -0.2) is 32.3 Å². The lowest BCUT2D eigenvalue weighted by Gasteiger charge is -2.32.